The molecule has 0 aliphatic carbocycles. The minimum Gasteiger partial charge on any atom is -0.497 e. The van der Waals surface area contributed by atoms with Crippen LogP contribution in [0.3, 0.4) is 0 Å². The number of carbonyl (C=O) groups excluding carboxylic acids is 1. The number of sulfonamides is 1. The summed E-state index contributed by atoms with van der Waals surface area (Å²) in [4.78, 5) is 15.3. The average molecular weight is 485 g/mol. The van der Waals surface area contributed by atoms with Gasteiger partial charge in [0.2, 0.25) is 0 Å². The largest absolute Gasteiger partial charge is 0.497 e. The minimum atomic E-state index is -3.85. The molecule has 1 aromatic heterocycles. The SMILES string of the molecule is COC(=O)c1c(S(=O)(=O)NCCC(C)C)sc2c1CCN(Cc1ccc(OC)cc1F)C2. The predicted molar refractivity (Wildman–Crippen MR) is 121 cm³/mol. The zero-order chi connectivity index (χ0) is 23.5. The summed E-state index contributed by atoms with van der Waals surface area (Å²) in [6.07, 6.45) is 1.18. The molecule has 2 heterocycles. The van der Waals surface area contributed by atoms with Crippen molar-refractivity contribution in [3.63, 3.8) is 0 Å². The Morgan fingerprint density at radius 1 is 1.31 bits per heavy atom. The molecule has 0 radical (unpaired) electrons. The van der Waals surface area contributed by atoms with E-state index in [1.165, 1.54) is 20.3 Å². The van der Waals surface area contributed by atoms with E-state index in [1.54, 1.807) is 12.1 Å². The normalized spacial score (nSPS) is 14.4. The first kappa shape index (κ1) is 24.6. The van der Waals surface area contributed by atoms with Crippen LogP contribution in [0.1, 0.15) is 46.6 Å². The number of benzene rings is 1. The third-order valence-electron chi connectivity index (χ3n) is 5.41. The summed E-state index contributed by atoms with van der Waals surface area (Å²) >= 11 is 1.09. The highest BCUT2D eigenvalue weighted by Crippen LogP contribution is 2.37. The smallest absolute Gasteiger partial charge is 0.340 e. The zero-order valence-corrected chi connectivity index (χ0v) is 20.4. The molecule has 2 aromatic rings. The lowest BCUT2D eigenvalue weighted by Crippen LogP contribution is -2.30. The molecule has 0 atom stereocenters. The Hall–Kier alpha value is -2.01. The Kier molecular flexibility index (Phi) is 7.92. The number of rotatable bonds is 9. The van der Waals surface area contributed by atoms with E-state index in [-0.39, 0.29) is 15.6 Å². The van der Waals surface area contributed by atoms with Crippen LogP contribution in [0.2, 0.25) is 0 Å². The fourth-order valence-electron chi connectivity index (χ4n) is 3.64. The summed E-state index contributed by atoms with van der Waals surface area (Å²) < 4.78 is 52.9. The Bertz CT molecular complexity index is 1080. The summed E-state index contributed by atoms with van der Waals surface area (Å²) in [6, 6.07) is 4.74. The van der Waals surface area contributed by atoms with E-state index in [9.17, 15) is 17.6 Å². The number of nitrogens with zero attached hydrogens (tertiary/aromatic N) is 1. The van der Waals surface area contributed by atoms with Crippen LogP contribution in [0.15, 0.2) is 22.4 Å². The van der Waals surface area contributed by atoms with Gasteiger partial charge in [0.05, 0.1) is 19.8 Å². The number of carbonyl (C=O) groups is 1. The van der Waals surface area contributed by atoms with Gasteiger partial charge in [-0.3, -0.25) is 4.90 Å². The lowest BCUT2D eigenvalue weighted by atomic mass is 10.0. The Labute approximate surface area is 192 Å². The van der Waals surface area contributed by atoms with Gasteiger partial charge in [-0.15, -0.1) is 11.3 Å². The Morgan fingerprint density at radius 2 is 2.06 bits per heavy atom. The lowest BCUT2D eigenvalue weighted by molar-refractivity contribution is 0.0595. The number of hydrogen-bond acceptors (Lipinski definition) is 7. The molecular formula is C22H29FN2O5S2. The van der Waals surface area contributed by atoms with Gasteiger partial charge < -0.3 is 9.47 Å². The minimum absolute atomic E-state index is 0.00409. The van der Waals surface area contributed by atoms with E-state index in [2.05, 4.69) is 4.72 Å². The maximum atomic E-state index is 14.4. The highest BCUT2D eigenvalue weighted by Gasteiger charge is 2.34. The van der Waals surface area contributed by atoms with Crippen molar-refractivity contribution >= 4 is 27.3 Å². The lowest BCUT2D eigenvalue weighted by Gasteiger charge is -2.27. The van der Waals surface area contributed by atoms with Crippen molar-refractivity contribution < 1.29 is 27.1 Å². The van der Waals surface area contributed by atoms with Gasteiger partial charge in [0.25, 0.3) is 10.0 Å². The van der Waals surface area contributed by atoms with Gasteiger partial charge in [0, 0.05) is 42.7 Å². The summed E-state index contributed by atoms with van der Waals surface area (Å²) in [5, 5.41) is 0. The van der Waals surface area contributed by atoms with E-state index < -0.39 is 16.0 Å². The van der Waals surface area contributed by atoms with E-state index >= 15 is 0 Å². The molecule has 32 heavy (non-hydrogen) atoms. The molecule has 0 fully saturated rings. The molecule has 0 spiro atoms. The Morgan fingerprint density at radius 3 is 2.69 bits per heavy atom. The molecule has 0 amide bonds. The van der Waals surface area contributed by atoms with Crippen LogP contribution in [0.5, 0.6) is 5.75 Å². The number of ether oxygens (including phenoxy) is 2. The zero-order valence-electron chi connectivity index (χ0n) is 18.7. The summed E-state index contributed by atoms with van der Waals surface area (Å²) in [6.45, 7) is 5.69. The number of methoxy groups -OCH3 is 2. The van der Waals surface area contributed by atoms with Crippen LogP contribution in [0.25, 0.3) is 0 Å². The van der Waals surface area contributed by atoms with Crippen molar-refractivity contribution in [2.45, 2.75) is 44.0 Å². The standard InChI is InChI=1S/C22H29FN2O5S2/c1-14(2)7-9-24-32(27,28)22-20(21(26)30-4)17-8-10-25(13-19(17)31-22)12-15-5-6-16(29-3)11-18(15)23/h5-6,11,14,24H,7-10,12-13H2,1-4H3. The van der Waals surface area contributed by atoms with Crippen molar-refractivity contribution in [3.8, 4) is 5.75 Å². The molecule has 0 unspecified atom stereocenters. The van der Waals surface area contributed by atoms with Gasteiger partial charge in [-0.2, -0.15) is 0 Å². The molecule has 3 rings (SSSR count). The molecular weight excluding hydrogens is 455 g/mol. The highest BCUT2D eigenvalue weighted by atomic mass is 32.2. The van der Waals surface area contributed by atoms with E-state index in [0.717, 1.165) is 16.2 Å². The molecule has 0 bridgehead atoms. The third-order valence-corrected chi connectivity index (χ3v) is 8.60. The van der Waals surface area contributed by atoms with Crippen molar-refractivity contribution in [2.24, 2.45) is 5.92 Å². The number of thiophene rings is 1. The van der Waals surface area contributed by atoms with Crippen LogP contribution in [0, 0.1) is 11.7 Å². The van der Waals surface area contributed by atoms with Gasteiger partial charge in [-0.25, -0.2) is 22.3 Å². The van der Waals surface area contributed by atoms with Crippen molar-refractivity contribution in [1.82, 2.24) is 9.62 Å². The Balaban J connectivity index is 1.86. The topological polar surface area (TPSA) is 84.9 Å². The molecule has 0 saturated carbocycles. The molecule has 1 aliphatic rings. The summed E-state index contributed by atoms with van der Waals surface area (Å²) in [5.41, 5.74) is 1.36. The summed E-state index contributed by atoms with van der Waals surface area (Å²) in [7, 11) is -1.12. The van der Waals surface area contributed by atoms with Gasteiger partial charge in [0.15, 0.2) is 0 Å². The van der Waals surface area contributed by atoms with Crippen LogP contribution < -0.4 is 9.46 Å². The van der Waals surface area contributed by atoms with Crippen LogP contribution in [0.4, 0.5) is 4.39 Å². The number of hydrogen-bond donors (Lipinski definition) is 1. The number of nitrogens with one attached hydrogen (secondary N) is 1. The van der Waals surface area contributed by atoms with E-state index in [4.69, 9.17) is 9.47 Å². The second-order valence-electron chi connectivity index (χ2n) is 8.16. The van der Waals surface area contributed by atoms with Gasteiger partial charge in [-0.1, -0.05) is 19.9 Å². The number of esters is 1. The first-order valence-corrected chi connectivity index (χ1v) is 12.7. The average Bonchev–Trinajstić information content (AvgIpc) is 3.14. The quantitative estimate of drug-likeness (QED) is 0.548. The molecule has 10 heteroatoms. The monoisotopic (exact) mass is 484 g/mol. The molecule has 1 aliphatic heterocycles. The van der Waals surface area contributed by atoms with Gasteiger partial charge >= 0.3 is 5.97 Å². The van der Waals surface area contributed by atoms with E-state index in [0.29, 0.717) is 61.8 Å². The van der Waals surface area contributed by atoms with Gasteiger partial charge in [-0.05, 0) is 30.4 Å². The first-order chi connectivity index (χ1) is 15.2. The van der Waals surface area contributed by atoms with Crippen LogP contribution in [-0.4, -0.2) is 46.6 Å². The predicted octanol–water partition coefficient (Wildman–Crippen LogP) is 3.57. The number of halogens is 1. The first-order valence-electron chi connectivity index (χ1n) is 10.4. The van der Waals surface area contributed by atoms with Crippen LogP contribution in [-0.2, 0) is 34.3 Å². The van der Waals surface area contributed by atoms with Gasteiger partial charge in [0.1, 0.15) is 15.8 Å². The van der Waals surface area contributed by atoms with E-state index in [1.807, 2.05) is 18.7 Å². The number of fused-ring (bicyclic) bond motifs is 1. The molecule has 1 N–H and O–H groups in total. The van der Waals surface area contributed by atoms with Crippen LogP contribution >= 0.6 is 11.3 Å². The summed E-state index contributed by atoms with van der Waals surface area (Å²) in [5.74, 6) is -0.204. The van der Waals surface area contributed by atoms with Crippen molar-refractivity contribution in [3.05, 3.63) is 45.6 Å². The molecule has 1 aromatic carbocycles. The second kappa shape index (κ2) is 10.3. The molecule has 0 saturated heterocycles. The second-order valence-corrected chi connectivity index (χ2v) is 11.2. The molecule has 7 nitrogen and oxygen atoms in total. The van der Waals surface area contributed by atoms with Crippen molar-refractivity contribution in [2.75, 3.05) is 27.3 Å². The third kappa shape index (κ3) is 5.48. The highest BCUT2D eigenvalue weighted by molar-refractivity contribution is 7.91. The maximum Gasteiger partial charge on any atom is 0.340 e. The maximum absolute atomic E-state index is 14.4. The fourth-order valence-corrected chi connectivity index (χ4v) is 6.65. The fraction of sp³-hybridized carbons (Fsp3) is 0.500. The molecule has 176 valence electrons. The van der Waals surface area contributed by atoms with Crippen molar-refractivity contribution in [1.29, 1.82) is 0 Å².